The lowest BCUT2D eigenvalue weighted by molar-refractivity contribution is -0.746. The molecule has 4 heteroatoms. The van der Waals surface area contributed by atoms with Gasteiger partial charge in [0.2, 0.25) is 0 Å². The molecule has 4 nitrogen and oxygen atoms in total. The number of quaternary nitrogens is 1. The summed E-state index contributed by atoms with van der Waals surface area (Å²) in [5.74, 6) is 1.95. The topological polar surface area (TPSA) is 60.0 Å². The predicted molar refractivity (Wildman–Crippen MR) is 63.6 cm³/mol. The number of ketones is 1. The molecule has 0 saturated carbocycles. The molecule has 18 heavy (non-hydrogen) atoms. The molecule has 94 valence electrons. The van der Waals surface area contributed by atoms with Crippen LogP contribution in [-0.4, -0.2) is 5.78 Å². The van der Waals surface area contributed by atoms with Crippen LogP contribution in [0.1, 0.15) is 36.9 Å². The molecule has 0 aliphatic carbocycles. The van der Waals surface area contributed by atoms with Crippen LogP contribution in [-0.2, 0) is 4.79 Å². The standard InChI is InChI=1S/C14H15NO3/c1-9-11(16)8-10(12-4-2-6-17-12)15-14(9)13-5-3-7-18-13/h2-7,9-10,14-15H,8H2,1H3/p+1/t9-,10+,14-/m1/s1. The quantitative estimate of drug-likeness (QED) is 0.879. The summed E-state index contributed by atoms with van der Waals surface area (Å²) in [7, 11) is 0. The van der Waals surface area contributed by atoms with Gasteiger partial charge in [0.1, 0.15) is 5.78 Å². The maximum atomic E-state index is 12.1. The Morgan fingerprint density at radius 1 is 1.17 bits per heavy atom. The fourth-order valence-electron chi connectivity index (χ4n) is 2.61. The third-order valence-electron chi connectivity index (χ3n) is 3.69. The molecule has 0 bridgehead atoms. The SMILES string of the molecule is C[C@@H]1C(=O)C[C@@H](c2ccco2)[NH2+][C@H]1c1ccco1. The molecular formula is C14H16NO3+. The van der Waals surface area contributed by atoms with Crippen LogP contribution in [0.2, 0.25) is 0 Å². The van der Waals surface area contributed by atoms with E-state index in [2.05, 4.69) is 5.32 Å². The van der Waals surface area contributed by atoms with Crippen molar-refractivity contribution in [3.05, 3.63) is 48.3 Å². The molecule has 3 heterocycles. The molecule has 0 amide bonds. The molecule has 3 atom stereocenters. The lowest BCUT2D eigenvalue weighted by Crippen LogP contribution is -2.89. The van der Waals surface area contributed by atoms with E-state index in [1.54, 1.807) is 12.5 Å². The molecule has 1 aliphatic heterocycles. The number of rotatable bonds is 2. The molecule has 1 fully saturated rings. The van der Waals surface area contributed by atoms with Crippen LogP contribution < -0.4 is 5.32 Å². The highest BCUT2D eigenvalue weighted by molar-refractivity contribution is 5.82. The van der Waals surface area contributed by atoms with E-state index in [0.29, 0.717) is 6.42 Å². The summed E-state index contributed by atoms with van der Waals surface area (Å²) in [6.45, 7) is 1.96. The number of nitrogens with two attached hydrogens (primary N) is 1. The Balaban J connectivity index is 1.88. The lowest BCUT2D eigenvalue weighted by Gasteiger charge is -2.29. The fourth-order valence-corrected chi connectivity index (χ4v) is 2.61. The fraction of sp³-hybridized carbons (Fsp3) is 0.357. The van der Waals surface area contributed by atoms with Gasteiger partial charge in [-0.25, -0.2) is 0 Å². The second-order valence-electron chi connectivity index (χ2n) is 4.81. The average Bonchev–Trinajstić information content (AvgIpc) is 3.03. The molecule has 2 N–H and O–H groups in total. The van der Waals surface area contributed by atoms with Gasteiger partial charge < -0.3 is 14.2 Å². The first-order chi connectivity index (χ1) is 8.75. The number of hydrogen-bond acceptors (Lipinski definition) is 3. The van der Waals surface area contributed by atoms with Crippen molar-refractivity contribution in [1.82, 2.24) is 0 Å². The summed E-state index contributed by atoms with van der Waals surface area (Å²) in [5.41, 5.74) is 0. The second kappa shape index (κ2) is 4.46. The van der Waals surface area contributed by atoms with Crippen molar-refractivity contribution in [3.63, 3.8) is 0 Å². The number of hydrogen-bond donors (Lipinski definition) is 1. The predicted octanol–water partition coefficient (Wildman–Crippen LogP) is 1.83. The van der Waals surface area contributed by atoms with Crippen LogP contribution in [0.15, 0.2) is 45.6 Å². The highest BCUT2D eigenvalue weighted by Gasteiger charge is 2.40. The molecule has 0 aromatic carbocycles. The molecule has 0 radical (unpaired) electrons. The minimum atomic E-state index is -0.0256. The highest BCUT2D eigenvalue weighted by Crippen LogP contribution is 2.28. The van der Waals surface area contributed by atoms with Crippen molar-refractivity contribution in [1.29, 1.82) is 0 Å². The van der Waals surface area contributed by atoms with Crippen molar-refractivity contribution in [2.75, 3.05) is 0 Å². The summed E-state index contributed by atoms with van der Waals surface area (Å²) in [4.78, 5) is 12.1. The summed E-state index contributed by atoms with van der Waals surface area (Å²) in [6.07, 6.45) is 3.82. The number of carbonyl (C=O) groups is 1. The monoisotopic (exact) mass is 246 g/mol. The minimum Gasteiger partial charge on any atom is -0.463 e. The number of carbonyl (C=O) groups excluding carboxylic acids is 1. The average molecular weight is 246 g/mol. The van der Waals surface area contributed by atoms with Crippen molar-refractivity contribution in [2.45, 2.75) is 25.4 Å². The first-order valence-corrected chi connectivity index (χ1v) is 6.20. The zero-order valence-electron chi connectivity index (χ0n) is 10.2. The van der Waals surface area contributed by atoms with E-state index in [4.69, 9.17) is 8.83 Å². The molecule has 2 aromatic rings. The summed E-state index contributed by atoms with van der Waals surface area (Å²) < 4.78 is 10.9. The molecular weight excluding hydrogens is 230 g/mol. The molecule has 2 aromatic heterocycles. The minimum absolute atomic E-state index is 0.0256. The van der Waals surface area contributed by atoms with E-state index in [1.165, 1.54) is 0 Å². The van der Waals surface area contributed by atoms with E-state index in [9.17, 15) is 4.79 Å². The van der Waals surface area contributed by atoms with Gasteiger partial charge in [0.15, 0.2) is 23.6 Å². The highest BCUT2D eigenvalue weighted by atomic mass is 16.3. The third-order valence-corrected chi connectivity index (χ3v) is 3.69. The normalized spacial score (nSPS) is 28.5. The number of piperidine rings is 1. The molecule has 0 unspecified atom stereocenters. The second-order valence-corrected chi connectivity index (χ2v) is 4.81. The lowest BCUT2D eigenvalue weighted by atomic mass is 9.85. The first kappa shape index (κ1) is 11.3. The van der Waals surface area contributed by atoms with Gasteiger partial charge in [0, 0.05) is 0 Å². The zero-order valence-corrected chi connectivity index (χ0v) is 10.2. The van der Waals surface area contributed by atoms with Crippen molar-refractivity contribution in [3.8, 4) is 0 Å². The van der Waals surface area contributed by atoms with E-state index in [0.717, 1.165) is 11.5 Å². The Bertz CT molecular complexity index is 515. The largest absolute Gasteiger partial charge is 0.463 e. The summed E-state index contributed by atoms with van der Waals surface area (Å²) in [5, 5.41) is 2.17. The van der Waals surface area contributed by atoms with Gasteiger partial charge in [0.05, 0.1) is 24.9 Å². The van der Waals surface area contributed by atoms with E-state index in [-0.39, 0.29) is 23.8 Å². The van der Waals surface area contributed by atoms with Crippen LogP contribution >= 0.6 is 0 Å². The van der Waals surface area contributed by atoms with Crippen molar-refractivity contribution < 1.29 is 18.9 Å². The van der Waals surface area contributed by atoms with Crippen molar-refractivity contribution >= 4 is 5.78 Å². The van der Waals surface area contributed by atoms with Gasteiger partial charge >= 0.3 is 0 Å². The Labute approximate surface area is 105 Å². The van der Waals surface area contributed by atoms with Crippen LogP contribution in [0.25, 0.3) is 0 Å². The maximum absolute atomic E-state index is 12.1. The van der Waals surface area contributed by atoms with Gasteiger partial charge in [0.25, 0.3) is 0 Å². The van der Waals surface area contributed by atoms with Gasteiger partial charge in [-0.1, -0.05) is 0 Å². The van der Waals surface area contributed by atoms with E-state index >= 15 is 0 Å². The van der Waals surface area contributed by atoms with E-state index in [1.807, 2.05) is 31.2 Å². The molecule has 1 aliphatic rings. The van der Waals surface area contributed by atoms with Gasteiger partial charge in [-0.3, -0.25) is 4.79 Å². The molecule has 0 spiro atoms. The van der Waals surface area contributed by atoms with Crippen LogP contribution in [0.3, 0.4) is 0 Å². The Morgan fingerprint density at radius 2 is 1.83 bits per heavy atom. The van der Waals surface area contributed by atoms with E-state index < -0.39 is 0 Å². The third kappa shape index (κ3) is 1.88. The Kier molecular flexibility index (Phi) is 2.80. The Morgan fingerprint density at radius 3 is 2.44 bits per heavy atom. The Hall–Kier alpha value is -1.81. The molecule has 3 rings (SSSR count). The van der Waals surface area contributed by atoms with Gasteiger partial charge in [-0.05, 0) is 31.2 Å². The summed E-state index contributed by atoms with van der Waals surface area (Å²) >= 11 is 0. The van der Waals surface area contributed by atoms with Crippen LogP contribution in [0.4, 0.5) is 0 Å². The van der Waals surface area contributed by atoms with Crippen LogP contribution in [0.5, 0.6) is 0 Å². The number of Topliss-reactive ketones (excluding diaryl/α,β-unsaturated/α-hetero) is 1. The first-order valence-electron chi connectivity index (χ1n) is 6.20. The van der Waals surface area contributed by atoms with Crippen molar-refractivity contribution in [2.24, 2.45) is 5.92 Å². The maximum Gasteiger partial charge on any atom is 0.161 e. The van der Waals surface area contributed by atoms with Gasteiger partial charge in [-0.15, -0.1) is 0 Å². The number of furan rings is 2. The smallest absolute Gasteiger partial charge is 0.161 e. The summed E-state index contributed by atoms with van der Waals surface area (Å²) in [6, 6.07) is 7.65. The van der Waals surface area contributed by atoms with Crippen LogP contribution in [0, 0.1) is 5.92 Å². The molecule has 1 saturated heterocycles. The van der Waals surface area contributed by atoms with Gasteiger partial charge in [-0.2, -0.15) is 0 Å². The zero-order chi connectivity index (χ0) is 12.5.